The summed E-state index contributed by atoms with van der Waals surface area (Å²) in [5, 5.41) is 2.46. The lowest BCUT2D eigenvalue weighted by Gasteiger charge is -2.07. The molecule has 0 saturated carbocycles. The van der Waals surface area contributed by atoms with Crippen LogP contribution in [-0.4, -0.2) is 24.3 Å². The molecule has 0 aliphatic carbocycles. The van der Waals surface area contributed by atoms with Crippen LogP contribution in [0, 0.1) is 0 Å². The minimum Gasteiger partial charge on any atom is -0.459 e. The molecule has 3 N–H and O–H groups in total. The lowest BCUT2D eigenvalue weighted by molar-refractivity contribution is -0.126. The van der Waals surface area contributed by atoms with Gasteiger partial charge in [-0.15, -0.1) is 0 Å². The van der Waals surface area contributed by atoms with E-state index >= 15 is 0 Å². The fourth-order valence-corrected chi connectivity index (χ4v) is 1.66. The molecule has 0 radical (unpaired) electrons. The number of nitrogens with one attached hydrogen (secondary N) is 3. The van der Waals surface area contributed by atoms with Gasteiger partial charge in [-0.3, -0.25) is 25.2 Å². The highest BCUT2D eigenvalue weighted by molar-refractivity contribution is 5.93. The van der Waals surface area contributed by atoms with E-state index in [1.165, 1.54) is 12.3 Å². The van der Waals surface area contributed by atoms with Crippen molar-refractivity contribution in [1.29, 1.82) is 0 Å². The van der Waals surface area contributed by atoms with Crippen LogP contribution in [0.5, 0.6) is 0 Å². The van der Waals surface area contributed by atoms with Crippen molar-refractivity contribution in [3.8, 4) is 0 Å². The number of hydrazine groups is 1. The summed E-state index contributed by atoms with van der Waals surface area (Å²) in [5.41, 5.74) is 5.20. The molecule has 1 aromatic carbocycles. The molecule has 22 heavy (non-hydrogen) atoms. The Morgan fingerprint density at radius 1 is 0.909 bits per heavy atom. The maximum Gasteiger partial charge on any atom is 0.305 e. The summed E-state index contributed by atoms with van der Waals surface area (Å²) in [6.45, 7) is -0.232. The summed E-state index contributed by atoms with van der Waals surface area (Å²) in [7, 11) is 0. The Labute approximate surface area is 126 Å². The number of amides is 3. The molecule has 0 aliphatic rings. The van der Waals surface area contributed by atoms with Crippen LogP contribution in [0.1, 0.15) is 16.1 Å². The van der Waals surface area contributed by atoms with Gasteiger partial charge in [-0.05, 0) is 17.7 Å². The van der Waals surface area contributed by atoms with E-state index in [0.717, 1.165) is 5.56 Å². The second-order valence-corrected chi connectivity index (χ2v) is 4.42. The summed E-state index contributed by atoms with van der Waals surface area (Å²) in [5.74, 6) is -1.32. The predicted octanol–water partition coefficient (Wildman–Crippen LogP) is 0.399. The first-order valence-electron chi connectivity index (χ1n) is 6.58. The third-order valence-electron chi connectivity index (χ3n) is 2.71. The Morgan fingerprint density at radius 3 is 2.36 bits per heavy atom. The van der Waals surface area contributed by atoms with Crippen LogP contribution in [-0.2, 0) is 16.0 Å². The zero-order valence-corrected chi connectivity index (χ0v) is 11.7. The van der Waals surface area contributed by atoms with Crippen molar-refractivity contribution in [2.75, 3.05) is 6.54 Å². The lowest BCUT2D eigenvalue weighted by atomic mass is 10.1. The molecule has 2 aromatic rings. The van der Waals surface area contributed by atoms with Gasteiger partial charge in [0.15, 0.2) is 5.76 Å². The smallest absolute Gasteiger partial charge is 0.305 e. The average Bonchev–Trinajstić information content (AvgIpc) is 3.06. The van der Waals surface area contributed by atoms with E-state index in [1.807, 2.05) is 30.3 Å². The Kier molecular flexibility index (Phi) is 5.31. The van der Waals surface area contributed by atoms with Crippen molar-refractivity contribution in [1.82, 2.24) is 16.2 Å². The fraction of sp³-hybridized carbons (Fsp3) is 0.133. The molecule has 0 unspecified atom stereocenters. The normalized spacial score (nSPS) is 9.82. The maximum absolute atomic E-state index is 11.6. The van der Waals surface area contributed by atoms with Gasteiger partial charge in [0, 0.05) is 0 Å². The van der Waals surface area contributed by atoms with E-state index in [2.05, 4.69) is 16.2 Å². The standard InChI is InChI=1S/C15H15N3O4/c19-13(9-11-5-2-1-3-6-11)16-10-14(20)17-18-15(21)12-7-4-8-22-12/h1-8H,9-10H2,(H,16,19)(H,17,20)(H,18,21). The molecule has 114 valence electrons. The van der Waals surface area contributed by atoms with Gasteiger partial charge in [0.25, 0.3) is 5.91 Å². The predicted molar refractivity (Wildman–Crippen MR) is 77.5 cm³/mol. The second-order valence-electron chi connectivity index (χ2n) is 4.42. The molecule has 0 bridgehead atoms. The summed E-state index contributed by atoms with van der Waals surface area (Å²) in [6.07, 6.45) is 1.54. The molecule has 0 saturated heterocycles. The van der Waals surface area contributed by atoms with Gasteiger partial charge < -0.3 is 9.73 Å². The number of carbonyl (C=O) groups excluding carboxylic acids is 3. The van der Waals surface area contributed by atoms with Crippen LogP contribution in [0.3, 0.4) is 0 Å². The summed E-state index contributed by atoms with van der Waals surface area (Å²) in [4.78, 5) is 34.6. The van der Waals surface area contributed by atoms with Crippen LogP contribution in [0.4, 0.5) is 0 Å². The summed E-state index contributed by atoms with van der Waals surface area (Å²) in [6, 6.07) is 12.2. The Hall–Kier alpha value is -3.09. The van der Waals surface area contributed by atoms with Gasteiger partial charge in [0.2, 0.25) is 5.91 Å². The quantitative estimate of drug-likeness (QED) is 0.696. The van der Waals surface area contributed by atoms with Crippen LogP contribution in [0.2, 0.25) is 0 Å². The van der Waals surface area contributed by atoms with Crippen molar-refractivity contribution < 1.29 is 18.8 Å². The molecule has 0 aliphatic heterocycles. The minimum absolute atomic E-state index is 0.0772. The van der Waals surface area contributed by atoms with Gasteiger partial charge in [-0.25, -0.2) is 0 Å². The minimum atomic E-state index is -0.575. The van der Waals surface area contributed by atoms with Crippen LogP contribution >= 0.6 is 0 Å². The highest BCUT2D eigenvalue weighted by Crippen LogP contribution is 1.99. The van der Waals surface area contributed by atoms with E-state index < -0.39 is 11.8 Å². The monoisotopic (exact) mass is 301 g/mol. The molecule has 0 atom stereocenters. The van der Waals surface area contributed by atoms with Crippen molar-refractivity contribution >= 4 is 17.7 Å². The van der Waals surface area contributed by atoms with E-state index in [0.29, 0.717) is 0 Å². The Balaban J connectivity index is 1.67. The second kappa shape index (κ2) is 7.63. The molecule has 1 aromatic heterocycles. The SMILES string of the molecule is O=C(Cc1ccccc1)NCC(=O)NNC(=O)c1ccco1. The third kappa shape index (κ3) is 4.78. The van der Waals surface area contributed by atoms with Gasteiger partial charge in [0.05, 0.1) is 19.2 Å². The Morgan fingerprint density at radius 2 is 1.68 bits per heavy atom. The first-order chi connectivity index (χ1) is 10.6. The third-order valence-corrected chi connectivity index (χ3v) is 2.71. The largest absolute Gasteiger partial charge is 0.459 e. The van der Waals surface area contributed by atoms with Crippen molar-refractivity contribution in [2.45, 2.75) is 6.42 Å². The first-order valence-corrected chi connectivity index (χ1v) is 6.58. The summed E-state index contributed by atoms with van der Waals surface area (Å²) >= 11 is 0. The molecular weight excluding hydrogens is 286 g/mol. The first kappa shape index (κ1) is 15.3. The van der Waals surface area contributed by atoms with Crippen LogP contribution in [0.15, 0.2) is 53.1 Å². The number of carbonyl (C=O) groups is 3. The van der Waals surface area contributed by atoms with E-state index in [4.69, 9.17) is 4.42 Å². The molecular formula is C15H15N3O4. The van der Waals surface area contributed by atoms with E-state index in [1.54, 1.807) is 6.07 Å². The average molecular weight is 301 g/mol. The van der Waals surface area contributed by atoms with Gasteiger partial charge in [-0.1, -0.05) is 30.3 Å². The van der Waals surface area contributed by atoms with E-state index in [9.17, 15) is 14.4 Å². The molecule has 0 spiro atoms. The molecule has 7 nitrogen and oxygen atoms in total. The Bertz CT molecular complexity index is 638. The molecule has 0 fully saturated rings. The molecule has 3 amide bonds. The highest BCUT2D eigenvalue weighted by Gasteiger charge is 2.10. The zero-order valence-electron chi connectivity index (χ0n) is 11.7. The molecule has 7 heteroatoms. The van der Waals surface area contributed by atoms with Crippen molar-refractivity contribution in [3.05, 3.63) is 60.1 Å². The number of benzene rings is 1. The van der Waals surface area contributed by atoms with Crippen molar-refractivity contribution in [2.24, 2.45) is 0 Å². The van der Waals surface area contributed by atoms with Crippen LogP contribution < -0.4 is 16.2 Å². The number of hydrogen-bond donors (Lipinski definition) is 3. The number of furan rings is 1. The van der Waals surface area contributed by atoms with Crippen molar-refractivity contribution in [3.63, 3.8) is 0 Å². The fourth-order valence-electron chi connectivity index (χ4n) is 1.66. The maximum atomic E-state index is 11.6. The highest BCUT2D eigenvalue weighted by atomic mass is 16.3. The molecule has 2 rings (SSSR count). The number of rotatable bonds is 5. The molecule has 1 heterocycles. The summed E-state index contributed by atoms with van der Waals surface area (Å²) < 4.78 is 4.86. The topological polar surface area (TPSA) is 100 Å². The van der Waals surface area contributed by atoms with Gasteiger partial charge in [0.1, 0.15) is 0 Å². The zero-order chi connectivity index (χ0) is 15.8. The lowest BCUT2D eigenvalue weighted by Crippen LogP contribution is -2.46. The van der Waals surface area contributed by atoms with Crippen LogP contribution in [0.25, 0.3) is 0 Å². The van der Waals surface area contributed by atoms with E-state index in [-0.39, 0.29) is 24.6 Å². The van der Waals surface area contributed by atoms with Gasteiger partial charge >= 0.3 is 5.91 Å². The van der Waals surface area contributed by atoms with Gasteiger partial charge in [-0.2, -0.15) is 0 Å². The number of hydrogen-bond acceptors (Lipinski definition) is 4.